The maximum absolute atomic E-state index is 14.7. The Bertz CT molecular complexity index is 912. The van der Waals surface area contributed by atoms with E-state index in [4.69, 9.17) is 0 Å². The number of anilines is 1. The standard InChI is InChI=1S/C20H28FN3O3S/c1-13-10-23(7-6-22-13)11-19(25)24-12-20(2,3)15-8-16(21)18(9-17(15)24)28(26,27)14-4-5-14/h8-9,13-14,22H,4-7,10-12H2,1-3H3. The summed E-state index contributed by atoms with van der Waals surface area (Å²) < 4.78 is 40.0. The quantitative estimate of drug-likeness (QED) is 0.819. The topological polar surface area (TPSA) is 69.7 Å². The fourth-order valence-electron chi connectivity index (χ4n) is 4.30. The summed E-state index contributed by atoms with van der Waals surface area (Å²) in [5, 5.41) is 2.87. The van der Waals surface area contributed by atoms with Crippen molar-refractivity contribution in [2.75, 3.05) is 37.6 Å². The van der Waals surface area contributed by atoms with E-state index >= 15 is 0 Å². The van der Waals surface area contributed by atoms with Crippen molar-refractivity contribution in [3.63, 3.8) is 0 Å². The second kappa shape index (κ2) is 6.78. The summed E-state index contributed by atoms with van der Waals surface area (Å²) >= 11 is 0. The van der Waals surface area contributed by atoms with Crippen LogP contribution in [-0.4, -0.2) is 63.2 Å². The molecule has 1 saturated heterocycles. The lowest BCUT2D eigenvalue weighted by Gasteiger charge is -2.32. The average Bonchev–Trinajstić information content (AvgIpc) is 3.42. The molecule has 28 heavy (non-hydrogen) atoms. The summed E-state index contributed by atoms with van der Waals surface area (Å²) in [6.07, 6.45) is 1.16. The van der Waals surface area contributed by atoms with E-state index in [1.165, 1.54) is 12.1 Å². The molecule has 0 radical (unpaired) electrons. The van der Waals surface area contributed by atoms with Gasteiger partial charge in [-0.05, 0) is 37.5 Å². The third-order valence-corrected chi connectivity index (χ3v) is 8.28. The maximum atomic E-state index is 14.7. The highest BCUT2D eigenvalue weighted by molar-refractivity contribution is 7.92. The molecule has 2 fully saturated rings. The third-order valence-electron chi connectivity index (χ3n) is 6.01. The minimum Gasteiger partial charge on any atom is -0.312 e. The highest BCUT2D eigenvalue weighted by Gasteiger charge is 2.43. The normalized spacial score (nSPS) is 25.0. The second-order valence-electron chi connectivity index (χ2n) is 9.00. The first-order valence-corrected chi connectivity index (χ1v) is 11.5. The number of fused-ring (bicyclic) bond motifs is 1. The van der Waals surface area contributed by atoms with Crippen molar-refractivity contribution in [3.8, 4) is 0 Å². The monoisotopic (exact) mass is 409 g/mol. The van der Waals surface area contributed by atoms with Gasteiger partial charge < -0.3 is 10.2 Å². The van der Waals surface area contributed by atoms with Gasteiger partial charge in [-0.1, -0.05) is 13.8 Å². The van der Waals surface area contributed by atoms with Gasteiger partial charge in [-0.15, -0.1) is 0 Å². The lowest BCUT2D eigenvalue weighted by Crippen LogP contribution is -2.52. The molecule has 0 aromatic heterocycles. The first kappa shape index (κ1) is 19.8. The van der Waals surface area contributed by atoms with Crippen LogP contribution < -0.4 is 10.2 Å². The molecule has 3 aliphatic rings. The van der Waals surface area contributed by atoms with E-state index < -0.39 is 26.3 Å². The van der Waals surface area contributed by atoms with Crippen LogP contribution in [0.4, 0.5) is 10.1 Å². The maximum Gasteiger partial charge on any atom is 0.241 e. The molecule has 1 unspecified atom stereocenters. The lowest BCUT2D eigenvalue weighted by atomic mass is 9.87. The van der Waals surface area contributed by atoms with Gasteiger partial charge in [0.05, 0.1) is 11.8 Å². The number of sulfone groups is 1. The number of halogens is 1. The summed E-state index contributed by atoms with van der Waals surface area (Å²) in [7, 11) is -3.67. The molecular formula is C20H28FN3O3S. The van der Waals surface area contributed by atoms with Crippen LogP contribution in [0.3, 0.4) is 0 Å². The SMILES string of the molecule is CC1CN(CC(=O)N2CC(C)(C)c3cc(F)c(S(=O)(=O)C4CC4)cc32)CCN1. The Morgan fingerprint density at radius 2 is 2.04 bits per heavy atom. The summed E-state index contributed by atoms with van der Waals surface area (Å²) in [5.74, 6) is -0.772. The molecule has 1 amide bonds. The number of carbonyl (C=O) groups excluding carboxylic acids is 1. The lowest BCUT2D eigenvalue weighted by molar-refractivity contribution is -0.120. The minimum absolute atomic E-state index is 0.0673. The molecule has 0 bridgehead atoms. The number of rotatable bonds is 4. The molecule has 1 aromatic carbocycles. The fourth-order valence-corrected chi connectivity index (χ4v) is 6.03. The Morgan fingerprint density at radius 1 is 1.32 bits per heavy atom. The van der Waals surface area contributed by atoms with Gasteiger partial charge >= 0.3 is 0 Å². The predicted molar refractivity (Wildman–Crippen MR) is 106 cm³/mol. The Balaban J connectivity index is 1.66. The molecule has 6 nitrogen and oxygen atoms in total. The van der Waals surface area contributed by atoms with E-state index in [9.17, 15) is 17.6 Å². The smallest absolute Gasteiger partial charge is 0.241 e. The summed E-state index contributed by atoms with van der Waals surface area (Å²) in [6, 6.07) is 3.05. The molecule has 0 spiro atoms. The highest BCUT2D eigenvalue weighted by atomic mass is 32.2. The van der Waals surface area contributed by atoms with Crippen molar-refractivity contribution in [2.24, 2.45) is 0 Å². The number of benzene rings is 1. The Hall–Kier alpha value is -1.51. The molecule has 1 aromatic rings. The number of amides is 1. The first-order chi connectivity index (χ1) is 13.1. The number of hydrogen-bond donors (Lipinski definition) is 1. The van der Waals surface area contributed by atoms with E-state index in [2.05, 4.69) is 17.1 Å². The Kier molecular flexibility index (Phi) is 4.79. The van der Waals surface area contributed by atoms with Crippen molar-refractivity contribution in [1.82, 2.24) is 10.2 Å². The molecule has 1 saturated carbocycles. The Labute approximate surface area is 166 Å². The number of hydrogen-bond acceptors (Lipinski definition) is 5. The molecule has 154 valence electrons. The first-order valence-electron chi connectivity index (χ1n) is 9.93. The Morgan fingerprint density at radius 3 is 2.68 bits per heavy atom. The predicted octanol–water partition coefficient (Wildman–Crippen LogP) is 1.68. The van der Waals surface area contributed by atoms with Gasteiger partial charge in [0.2, 0.25) is 5.91 Å². The molecule has 8 heteroatoms. The van der Waals surface area contributed by atoms with Crippen LogP contribution in [0.5, 0.6) is 0 Å². The average molecular weight is 410 g/mol. The van der Waals surface area contributed by atoms with Crippen molar-refractivity contribution in [2.45, 2.75) is 55.2 Å². The zero-order valence-corrected chi connectivity index (χ0v) is 17.5. The van der Waals surface area contributed by atoms with E-state index in [1.54, 1.807) is 4.90 Å². The van der Waals surface area contributed by atoms with Crippen LogP contribution in [0.15, 0.2) is 17.0 Å². The zero-order chi connectivity index (χ0) is 20.3. The molecule has 1 atom stereocenters. The molecule has 4 rings (SSSR count). The van der Waals surface area contributed by atoms with Crippen LogP contribution in [-0.2, 0) is 20.0 Å². The minimum atomic E-state index is -3.67. The van der Waals surface area contributed by atoms with Crippen molar-refractivity contribution < 1.29 is 17.6 Å². The van der Waals surface area contributed by atoms with Gasteiger partial charge in [-0.2, -0.15) is 0 Å². The van der Waals surface area contributed by atoms with Gasteiger partial charge in [0.25, 0.3) is 0 Å². The third kappa shape index (κ3) is 3.46. The number of piperazine rings is 1. The van der Waals surface area contributed by atoms with E-state index in [0.29, 0.717) is 36.7 Å². The largest absolute Gasteiger partial charge is 0.312 e. The molecule has 1 N–H and O–H groups in total. The van der Waals surface area contributed by atoms with Crippen molar-refractivity contribution >= 4 is 21.4 Å². The van der Waals surface area contributed by atoms with Crippen LogP contribution >= 0.6 is 0 Å². The van der Waals surface area contributed by atoms with Crippen LogP contribution in [0.25, 0.3) is 0 Å². The number of nitrogens with one attached hydrogen (secondary N) is 1. The van der Waals surface area contributed by atoms with E-state index in [-0.39, 0.29) is 17.3 Å². The molecule has 1 aliphatic carbocycles. The van der Waals surface area contributed by atoms with Crippen LogP contribution in [0, 0.1) is 5.82 Å². The number of carbonyl (C=O) groups is 1. The second-order valence-corrected chi connectivity index (χ2v) is 11.2. The van der Waals surface area contributed by atoms with Crippen molar-refractivity contribution in [1.29, 1.82) is 0 Å². The highest BCUT2D eigenvalue weighted by Crippen LogP contribution is 2.44. The van der Waals surface area contributed by atoms with Gasteiger partial charge in [0.1, 0.15) is 10.7 Å². The van der Waals surface area contributed by atoms with Gasteiger partial charge in [-0.3, -0.25) is 9.69 Å². The van der Waals surface area contributed by atoms with Gasteiger partial charge in [0.15, 0.2) is 9.84 Å². The summed E-state index contributed by atoms with van der Waals surface area (Å²) in [6.45, 7) is 9.14. The fraction of sp³-hybridized carbons (Fsp3) is 0.650. The van der Waals surface area contributed by atoms with Crippen LogP contribution in [0.2, 0.25) is 0 Å². The van der Waals surface area contributed by atoms with Crippen molar-refractivity contribution in [3.05, 3.63) is 23.5 Å². The molecule has 2 heterocycles. The number of nitrogens with zero attached hydrogens (tertiary/aromatic N) is 2. The summed E-state index contributed by atoms with van der Waals surface area (Å²) in [5.41, 5.74) is 0.811. The summed E-state index contributed by atoms with van der Waals surface area (Å²) in [4.78, 5) is 16.6. The van der Waals surface area contributed by atoms with E-state index in [0.717, 1.165) is 19.6 Å². The van der Waals surface area contributed by atoms with Gasteiger partial charge in [0, 0.05) is 43.3 Å². The molecular weight excluding hydrogens is 381 g/mol. The zero-order valence-electron chi connectivity index (χ0n) is 16.7. The van der Waals surface area contributed by atoms with Gasteiger partial charge in [-0.25, -0.2) is 12.8 Å². The van der Waals surface area contributed by atoms with E-state index in [1.807, 2.05) is 13.8 Å². The molecule has 2 aliphatic heterocycles. The van der Waals surface area contributed by atoms with Crippen LogP contribution in [0.1, 0.15) is 39.2 Å².